The molecular formula is C14H19N3O3. The fourth-order valence-electron chi connectivity index (χ4n) is 2.27. The maximum atomic E-state index is 12.2. The van der Waals surface area contributed by atoms with E-state index in [0.29, 0.717) is 36.4 Å². The van der Waals surface area contributed by atoms with Gasteiger partial charge in [0.05, 0.1) is 12.7 Å². The molecule has 1 aliphatic rings. The molecule has 1 aromatic carbocycles. The second-order valence-electron chi connectivity index (χ2n) is 4.94. The summed E-state index contributed by atoms with van der Waals surface area (Å²) in [4.78, 5) is 25.2. The number of hydrogen-bond donors (Lipinski definition) is 2. The van der Waals surface area contributed by atoms with Gasteiger partial charge in [-0.05, 0) is 18.6 Å². The van der Waals surface area contributed by atoms with Crippen molar-refractivity contribution in [1.82, 2.24) is 10.2 Å². The van der Waals surface area contributed by atoms with E-state index >= 15 is 0 Å². The third-order valence-electron chi connectivity index (χ3n) is 3.47. The number of carbonyl (C=O) groups is 2. The fourth-order valence-corrected chi connectivity index (χ4v) is 2.27. The predicted molar refractivity (Wildman–Crippen MR) is 75.5 cm³/mol. The number of nitrogens with two attached hydrogens (primary N) is 1. The lowest BCUT2D eigenvalue weighted by molar-refractivity contribution is -0.132. The van der Waals surface area contributed by atoms with Crippen molar-refractivity contribution in [2.75, 3.05) is 26.4 Å². The SMILES string of the molecule is COc1ccc(C(=O)NC2CCC(=O)N(C)C2)c(N)c1. The molecule has 1 heterocycles. The molecule has 1 saturated heterocycles. The van der Waals surface area contributed by atoms with E-state index in [9.17, 15) is 9.59 Å². The molecule has 2 amide bonds. The highest BCUT2D eigenvalue weighted by molar-refractivity contribution is 5.99. The summed E-state index contributed by atoms with van der Waals surface area (Å²) in [5.74, 6) is 0.499. The summed E-state index contributed by atoms with van der Waals surface area (Å²) in [6, 6.07) is 4.92. The van der Waals surface area contributed by atoms with E-state index in [4.69, 9.17) is 10.5 Å². The molecule has 6 heteroatoms. The lowest BCUT2D eigenvalue weighted by Crippen LogP contribution is -2.48. The Kier molecular flexibility index (Phi) is 4.12. The molecule has 108 valence electrons. The molecule has 0 spiro atoms. The summed E-state index contributed by atoms with van der Waals surface area (Å²) >= 11 is 0. The minimum atomic E-state index is -0.224. The zero-order valence-corrected chi connectivity index (χ0v) is 11.7. The van der Waals surface area contributed by atoms with Crippen LogP contribution in [0.1, 0.15) is 23.2 Å². The maximum Gasteiger partial charge on any atom is 0.253 e. The van der Waals surface area contributed by atoms with Crippen molar-refractivity contribution in [2.24, 2.45) is 0 Å². The fraction of sp³-hybridized carbons (Fsp3) is 0.429. The number of amides is 2. The summed E-state index contributed by atoms with van der Waals surface area (Å²) in [6.07, 6.45) is 1.12. The van der Waals surface area contributed by atoms with Crippen molar-refractivity contribution < 1.29 is 14.3 Å². The largest absolute Gasteiger partial charge is 0.497 e. The highest BCUT2D eigenvalue weighted by Gasteiger charge is 2.24. The summed E-state index contributed by atoms with van der Waals surface area (Å²) in [6.45, 7) is 0.528. The molecule has 1 unspecified atom stereocenters. The second-order valence-corrected chi connectivity index (χ2v) is 4.94. The van der Waals surface area contributed by atoms with Crippen LogP contribution in [0.5, 0.6) is 5.75 Å². The standard InChI is InChI=1S/C14H19N3O3/c1-17-8-9(3-6-13(17)18)16-14(19)11-5-4-10(20-2)7-12(11)15/h4-5,7,9H,3,6,8,15H2,1-2H3,(H,16,19). The van der Waals surface area contributed by atoms with Gasteiger partial charge in [0.1, 0.15) is 5.75 Å². The van der Waals surface area contributed by atoms with Crippen LogP contribution in [-0.4, -0.2) is 43.5 Å². The van der Waals surface area contributed by atoms with Gasteiger partial charge in [0.2, 0.25) is 5.91 Å². The number of hydrogen-bond acceptors (Lipinski definition) is 4. The van der Waals surface area contributed by atoms with Crippen molar-refractivity contribution in [3.63, 3.8) is 0 Å². The average Bonchev–Trinajstić information content (AvgIpc) is 2.42. The number of carbonyl (C=O) groups excluding carboxylic acids is 2. The van der Waals surface area contributed by atoms with Crippen LogP contribution in [0, 0.1) is 0 Å². The zero-order valence-electron chi connectivity index (χ0n) is 11.7. The number of likely N-dealkylation sites (N-methyl/N-ethyl adjacent to an activating group) is 1. The molecule has 0 bridgehead atoms. The molecule has 6 nitrogen and oxygen atoms in total. The number of nitrogens with one attached hydrogen (secondary N) is 1. The molecule has 0 radical (unpaired) electrons. The number of ether oxygens (including phenoxy) is 1. The molecule has 2 rings (SSSR count). The Bertz CT molecular complexity index is 530. The van der Waals surface area contributed by atoms with Gasteiger partial charge in [-0.2, -0.15) is 0 Å². The monoisotopic (exact) mass is 277 g/mol. The van der Waals surface area contributed by atoms with Crippen LogP contribution in [0.3, 0.4) is 0 Å². The van der Waals surface area contributed by atoms with Gasteiger partial charge in [0, 0.05) is 37.8 Å². The number of piperidine rings is 1. The molecule has 3 N–H and O–H groups in total. The van der Waals surface area contributed by atoms with Gasteiger partial charge in [-0.25, -0.2) is 0 Å². The quantitative estimate of drug-likeness (QED) is 0.794. The van der Waals surface area contributed by atoms with Gasteiger partial charge in [-0.3, -0.25) is 9.59 Å². The third-order valence-corrected chi connectivity index (χ3v) is 3.47. The Morgan fingerprint density at radius 3 is 2.85 bits per heavy atom. The van der Waals surface area contributed by atoms with Crippen LogP contribution in [-0.2, 0) is 4.79 Å². The first-order valence-electron chi connectivity index (χ1n) is 6.49. The van der Waals surface area contributed by atoms with Crippen LogP contribution in [0.15, 0.2) is 18.2 Å². The van der Waals surface area contributed by atoms with Gasteiger partial charge in [0.25, 0.3) is 5.91 Å². The van der Waals surface area contributed by atoms with E-state index in [-0.39, 0.29) is 17.9 Å². The zero-order chi connectivity index (χ0) is 14.7. The van der Waals surface area contributed by atoms with Crippen molar-refractivity contribution in [1.29, 1.82) is 0 Å². The minimum absolute atomic E-state index is 0.0355. The summed E-state index contributed by atoms with van der Waals surface area (Å²) in [5, 5.41) is 2.91. The topological polar surface area (TPSA) is 84.7 Å². The van der Waals surface area contributed by atoms with Gasteiger partial charge in [0.15, 0.2) is 0 Å². The van der Waals surface area contributed by atoms with Crippen molar-refractivity contribution >= 4 is 17.5 Å². The predicted octanol–water partition coefficient (Wildman–Crippen LogP) is 0.628. The molecule has 1 aromatic rings. The summed E-state index contributed by atoms with van der Waals surface area (Å²) in [5.41, 5.74) is 6.65. The van der Waals surface area contributed by atoms with Gasteiger partial charge >= 0.3 is 0 Å². The van der Waals surface area contributed by atoms with Crippen LogP contribution in [0.2, 0.25) is 0 Å². The van der Waals surface area contributed by atoms with Gasteiger partial charge < -0.3 is 20.7 Å². The average molecular weight is 277 g/mol. The number of nitrogens with zero attached hydrogens (tertiary/aromatic N) is 1. The number of likely N-dealkylation sites (tertiary alicyclic amines) is 1. The molecule has 1 fully saturated rings. The maximum absolute atomic E-state index is 12.2. The van der Waals surface area contributed by atoms with Crippen LogP contribution in [0.4, 0.5) is 5.69 Å². The highest BCUT2D eigenvalue weighted by Crippen LogP contribution is 2.20. The van der Waals surface area contributed by atoms with E-state index in [1.54, 1.807) is 37.3 Å². The first-order chi connectivity index (χ1) is 9.51. The van der Waals surface area contributed by atoms with E-state index in [1.807, 2.05) is 0 Å². The highest BCUT2D eigenvalue weighted by atomic mass is 16.5. The summed E-state index contributed by atoms with van der Waals surface area (Å²) in [7, 11) is 3.28. The first-order valence-corrected chi connectivity index (χ1v) is 6.49. The van der Waals surface area contributed by atoms with Crippen LogP contribution < -0.4 is 15.8 Å². The number of benzene rings is 1. The Balaban J connectivity index is 2.03. The van der Waals surface area contributed by atoms with Crippen LogP contribution >= 0.6 is 0 Å². The summed E-state index contributed by atoms with van der Waals surface area (Å²) < 4.78 is 5.05. The molecule has 0 aliphatic carbocycles. The van der Waals surface area contributed by atoms with E-state index in [2.05, 4.69) is 5.32 Å². The minimum Gasteiger partial charge on any atom is -0.497 e. The molecule has 20 heavy (non-hydrogen) atoms. The van der Waals surface area contributed by atoms with E-state index < -0.39 is 0 Å². The van der Waals surface area contributed by atoms with Gasteiger partial charge in [-0.1, -0.05) is 0 Å². The smallest absolute Gasteiger partial charge is 0.253 e. The van der Waals surface area contributed by atoms with Crippen molar-refractivity contribution in [3.05, 3.63) is 23.8 Å². The molecule has 1 atom stereocenters. The first kappa shape index (κ1) is 14.2. The van der Waals surface area contributed by atoms with Crippen molar-refractivity contribution in [2.45, 2.75) is 18.9 Å². The lowest BCUT2D eigenvalue weighted by atomic mass is 10.0. The Labute approximate surface area is 117 Å². The number of nitrogen functional groups attached to an aromatic ring is 1. The third kappa shape index (κ3) is 3.01. The molecule has 0 aromatic heterocycles. The van der Waals surface area contributed by atoms with E-state index in [0.717, 1.165) is 0 Å². The number of methoxy groups -OCH3 is 1. The lowest BCUT2D eigenvalue weighted by Gasteiger charge is -2.30. The Morgan fingerprint density at radius 2 is 2.25 bits per heavy atom. The molecule has 0 saturated carbocycles. The van der Waals surface area contributed by atoms with Gasteiger partial charge in [-0.15, -0.1) is 0 Å². The normalized spacial score (nSPS) is 18.8. The van der Waals surface area contributed by atoms with Crippen LogP contribution in [0.25, 0.3) is 0 Å². The molecule has 1 aliphatic heterocycles. The van der Waals surface area contributed by atoms with E-state index in [1.165, 1.54) is 0 Å². The number of anilines is 1. The Morgan fingerprint density at radius 1 is 1.50 bits per heavy atom. The second kappa shape index (κ2) is 5.81. The molecular weight excluding hydrogens is 258 g/mol. The van der Waals surface area contributed by atoms with Crippen molar-refractivity contribution in [3.8, 4) is 5.75 Å². The number of rotatable bonds is 3. The Hall–Kier alpha value is -2.24.